The van der Waals surface area contributed by atoms with Crippen molar-refractivity contribution in [3.63, 3.8) is 0 Å². The number of esters is 3. The lowest BCUT2D eigenvalue weighted by molar-refractivity contribution is -0.203. The lowest BCUT2D eigenvalue weighted by atomic mass is 9.74. The average molecular weight is 651 g/mol. The molecule has 45 heavy (non-hydrogen) atoms. The Kier molecular flexibility index (Phi) is 12.0. The van der Waals surface area contributed by atoms with Crippen LogP contribution >= 0.6 is 0 Å². The Morgan fingerprint density at radius 3 is 1.91 bits per heavy atom. The highest BCUT2D eigenvalue weighted by molar-refractivity contribution is 6.30. The maximum absolute atomic E-state index is 15.7. The van der Waals surface area contributed by atoms with Gasteiger partial charge in [-0.1, -0.05) is 6.92 Å². The number of fused-ring (bicyclic) bond motifs is 3. The zero-order valence-corrected chi connectivity index (χ0v) is 24.8. The van der Waals surface area contributed by atoms with Crippen LogP contribution in [0.25, 0.3) is 0 Å². The summed E-state index contributed by atoms with van der Waals surface area (Å²) in [6.45, 7) is 5.45. The molecule has 17 heteroatoms. The molecule has 248 valence electrons. The third kappa shape index (κ3) is 6.79. The molecule has 12 nitrogen and oxygen atoms in total. The van der Waals surface area contributed by atoms with E-state index in [0.717, 1.165) is 19.9 Å². The van der Waals surface area contributed by atoms with E-state index in [1.807, 2.05) is 6.92 Å². The number of halogens is 5. The number of hydrogen-bond donors (Lipinski definition) is 1. The van der Waals surface area contributed by atoms with Crippen LogP contribution in [0.4, 0.5) is 22.0 Å². The van der Waals surface area contributed by atoms with E-state index in [2.05, 4.69) is 5.32 Å². The second kappa shape index (κ2) is 15.3. The molecule has 1 aromatic rings. The number of rotatable bonds is 15. The van der Waals surface area contributed by atoms with Crippen LogP contribution < -0.4 is 5.32 Å². The number of hydrogen-bond acceptors (Lipinski definition) is 12. The first kappa shape index (κ1) is 35.4. The summed E-state index contributed by atoms with van der Waals surface area (Å²) in [7, 11) is 0. The van der Waals surface area contributed by atoms with Gasteiger partial charge in [-0.3, -0.25) is 0 Å². The summed E-state index contributed by atoms with van der Waals surface area (Å²) >= 11 is 0. The van der Waals surface area contributed by atoms with Crippen LogP contribution in [0.5, 0.6) is 0 Å². The van der Waals surface area contributed by atoms with Crippen LogP contribution in [-0.2, 0) is 53.3 Å². The standard InChI is InChI=1S/C28H31F5N2O10/c1-5-8-34-9-10-40-11-12-41-13-15-17(25(37)43-7-3)28(18-19(29)21(31)23(33)22(32)20(18)30)16(24(36)42-6-2)14(4)35(15)45-27(39)26(38)44-28/h34H,5-13H2,1-4H3. The molecule has 2 bridgehead atoms. The molecule has 3 heterocycles. The van der Waals surface area contributed by atoms with Gasteiger partial charge in [0.15, 0.2) is 23.3 Å². The average Bonchev–Trinajstić information content (AvgIpc) is 2.99. The smallest absolute Gasteiger partial charge is 0.442 e. The summed E-state index contributed by atoms with van der Waals surface area (Å²) in [5.74, 6) is -19.7. The molecule has 4 rings (SSSR count). The van der Waals surface area contributed by atoms with Crippen molar-refractivity contribution in [1.82, 2.24) is 10.4 Å². The molecule has 0 saturated carbocycles. The fourth-order valence-corrected chi connectivity index (χ4v) is 4.66. The Labute approximate surface area is 253 Å². The number of benzene rings is 1. The van der Waals surface area contributed by atoms with Crippen molar-refractivity contribution < 1.29 is 69.7 Å². The molecule has 0 amide bonds. The molecule has 0 fully saturated rings. The van der Waals surface area contributed by atoms with Gasteiger partial charge in [0.05, 0.1) is 56.6 Å². The van der Waals surface area contributed by atoms with Crippen molar-refractivity contribution in [2.75, 3.05) is 52.7 Å². The molecule has 1 unspecified atom stereocenters. The molecular formula is C28H31F5N2O10. The van der Waals surface area contributed by atoms with E-state index >= 15 is 8.78 Å². The number of ether oxygens (including phenoxy) is 5. The molecule has 3 aliphatic heterocycles. The minimum atomic E-state index is -3.63. The minimum Gasteiger partial charge on any atom is -0.462 e. The van der Waals surface area contributed by atoms with Crippen molar-refractivity contribution in [1.29, 1.82) is 0 Å². The maximum Gasteiger partial charge on any atom is 0.442 e. The van der Waals surface area contributed by atoms with Crippen LogP contribution in [0.1, 0.15) is 39.7 Å². The van der Waals surface area contributed by atoms with Crippen molar-refractivity contribution in [3.8, 4) is 0 Å². The van der Waals surface area contributed by atoms with E-state index in [9.17, 15) is 32.3 Å². The van der Waals surface area contributed by atoms with E-state index < -0.39 is 106 Å². The molecule has 1 atom stereocenters. The van der Waals surface area contributed by atoms with Gasteiger partial charge in [0.1, 0.15) is 11.1 Å². The number of nitrogens with one attached hydrogen (secondary N) is 1. The zero-order valence-electron chi connectivity index (χ0n) is 24.8. The second-order valence-corrected chi connectivity index (χ2v) is 9.33. The van der Waals surface area contributed by atoms with Crippen LogP contribution in [0.2, 0.25) is 0 Å². The fourth-order valence-electron chi connectivity index (χ4n) is 4.66. The lowest BCUT2D eigenvalue weighted by Crippen LogP contribution is -2.55. The zero-order chi connectivity index (χ0) is 33.5. The van der Waals surface area contributed by atoms with E-state index in [1.54, 1.807) is 0 Å². The summed E-state index contributed by atoms with van der Waals surface area (Å²) in [5, 5.41) is 3.59. The van der Waals surface area contributed by atoms with Crippen LogP contribution in [-0.4, -0.2) is 81.7 Å². The Balaban J connectivity index is 2.32. The molecule has 1 N–H and O–H groups in total. The van der Waals surface area contributed by atoms with E-state index in [4.69, 9.17) is 28.5 Å². The van der Waals surface area contributed by atoms with Crippen molar-refractivity contribution in [2.24, 2.45) is 0 Å². The Bertz CT molecular complexity index is 1390. The predicted molar refractivity (Wildman–Crippen MR) is 140 cm³/mol. The largest absolute Gasteiger partial charge is 0.462 e. The predicted octanol–water partition coefficient (Wildman–Crippen LogP) is 2.60. The van der Waals surface area contributed by atoms with Gasteiger partial charge in [0, 0.05) is 6.54 Å². The number of allylic oxidation sites excluding steroid dienone is 1. The van der Waals surface area contributed by atoms with Gasteiger partial charge in [-0.15, -0.1) is 0 Å². The molecular weight excluding hydrogens is 619 g/mol. The quantitative estimate of drug-likeness (QED) is 0.0568. The molecule has 0 aliphatic carbocycles. The van der Waals surface area contributed by atoms with Crippen LogP contribution in [0.15, 0.2) is 22.5 Å². The first-order valence-corrected chi connectivity index (χ1v) is 13.8. The molecule has 0 aromatic heterocycles. The monoisotopic (exact) mass is 650 g/mol. The van der Waals surface area contributed by atoms with Gasteiger partial charge in [-0.2, -0.15) is 5.06 Å². The minimum absolute atomic E-state index is 0.00369. The Hall–Kier alpha value is -4.09. The summed E-state index contributed by atoms with van der Waals surface area (Å²) in [6, 6.07) is 0. The summed E-state index contributed by atoms with van der Waals surface area (Å²) < 4.78 is 101. The Morgan fingerprint density at radius 2 is 1.33 bits per heavy atom. The topological polar surface area (TPSA) is 139 Å². The summed E-state index contributed by atoms with van der Waals surface area (Å²) in [6.07, 6.45) is 0.912. The van der Waals surface area contributed by atoms with Crippen LogP contribution in [0, 0.1) is 29.1 Å². The van der Waals surface area contributed by atoms with E-state index in [1.165, 1.54) is 13.8 Å². The second-order valence-electron chi connectivity index (χ2n) is 9.33. The maximum atomic E-state index is 15.7. The summed E-state index contributed by atoms with van der Waals surface area (Å²) in [4.78, 5) is 57.5. The highest BCUT2D eigenvalue weighted by atomic mass is 19.2. The van der Waals surface area contributed by atoms with Crippen molar-refractivity contribution >= 4 is 23.9 Å². The Morgan fingerprint density at radius 1 is 0.778 bits per heavy atom. The van der Waals surface area contributed by atoms with Gasteiger partial charge in [0.2, 0.25) is 11.4 Å². The number of nitrogens with zero attached hydrogens (tertiary/aromatic N) is 1. The van der Waals surface area contributed by atoms with Crippen molar-refractivity contribution in [3.05, 3.63) is 57.2 Å². The van der Waals surface area contributed by atoms with Gasteiger partial charge in [-0.05, 0) is 33.7 Å². The first-order chi connectivity index (χ1) is 21.4. The molecule has 0 radical (unpaired) electrons. The number of carbonyl (C=O) groups is 4. The number of carbonyl (C=O) groups excluding carboxylic acids is 4. The third-order valence-electron chi connectivity index (χ3n) is 6.47. The van der Waals surface area contributed by atoms with E-state index in [0.29, 0.717) is 18.2 Å². The first-order valence-electron chi connectivity index (χ1n) is 13.8. The number of hydroxylamine groups is 2. The summed E-state index contributed by atoms with van der Waals surface area (Å²) in [5.41, 5.74) is -9.09. The van der Waals surface area contributed by atoms with Gasteiger partial charge in [-0.25, -0.2) is 41.1 Å². The third-order valence-corrected chi connectivity index (χ3v) is 6.47. The lowest BCUT2D eigenvalue weighted by Gasteiger charge is -2.45. The van der Waals surface area contributed by atoms with Crippen LogP contribution in [0.3, 0.4) is 0 Å². The van der Waals surface area contributed by atoms with Crippen molar-refractivity contribution in [2.45, 2.75) is 39.7 Å². The molecule has 0 saturated heterocycles. The van der Waals surface area contributed by atoms with E-state index in [-0.39, 0.29) is 13.2 Å². The normalized spacial score (nSPS) is 18.1. The van der Waals surface area contributed by atoms with Gasteiger partial charge >= 0.3 is 23.9 Å². The highest BCUT2D eigenvalue weighted by Gasteiger charge is 2.62. The molecule has 0 spiro atoms. The SMILES string of the molecule is CCCNCCOCCOCC1=C(C(=O)OCC)C2(c3c(F)c(F)c(F)c(F)c3F)OC(=O)C(=O)ON1C(C)=C2C(=O)OCC. The molecule has 3 aliphatic rings. The van der Waals surface area contributed by atoms with Gasteiger partial charge < -0.3 is 33.8 Å². The van der Waals surface area contributed by atoms with Gasteiger partial charge in [0.25, 0.3) is 0 Å². The molecule has 1 aromatic carbocycles. The highest BCUT2D eigenvalue weighted by Crippen LogP contribution is 2.52. The fraction of sp³-hybridized carbons (Fsp3) is 0.500.